The van der Waals surface area contributed by atoms with Gasteiger partial charge in [-0.25, -0.2) is 0 Å². The second kappa shape index (κ2) is 11.5. The molecule has 0 aliphatic heterocycles. The molecule has 150 valence electrons. The normalized spacial score (nSPS) is 10.8. The van der Waals surface area contributed by atoms with E-state index >= 15 is 0 Å². The van der Waals surface area contributed by atoms with Crippen molar-refractivity contribution >= 4 is 29.9 Å². The van der Waals surface area contributed by atoms with Crippen molar-refractivity contribution in [3.05, 3.63) is 35.2 Å². The molecule has 1 aromatic heterocycles. The molecule has 2 N–H and O–H groups in total. The summed E-state index contributed by atoms with van der Waals surface area (Å²) in [5, 5.41) is 10.4. The minimum atomic E-state index is 0. The monoisotopic (exact) mass is 490 g/mol. The highest BCUT2D eigenvalue weighted by atomic mass is 127. The molecule has 0 atom stereocenters. The van der Waals surface area contributed by atoms with Crippen LogP contribution in [0.1, 0.15) is 23.9 Å². The van der Waals surface area contributed by atoms with Crippen molar-refractivity contribution in [2.75, 3.05) is 28.4 Å². The topological polar surface area (TPSA) is 90.1 Å². The summed E-state index contributed by atoms with van der Waals surface area (Å²) in [6.07, 6.45) is 0.845. The maximum atomic E-state index is 5.37. The van der Waals surface area contributed by atoms with E-state index in [4.69, 9.17) is 18.7 Å². The molecule has 0 spiro atoms. The van der Waals surface area contributed by atoms with E-state index in [1.807, 2.05) is 25.1 Å². The fourth-order valence-electron chi connectivity index (χ4n) is 2.42. The van der Waals surface area contributed by atoms with E-state index in [0.717, 1.165) is 23.4 Å². The Morgan fingerprint density at radius 2 is 1.67 bits per heavy atom. The summed E-state index contributed by atoms with van der Waals surface area (Å²) in [6, 6.07) is 5.72. The van der Waals surface area contributed by atoms with Crippen LogP contribution in [0.15, 0.2) is 27.7 Å². The van der Waals surface area contributed by atoms with Gasteiger partial charge in [0.05, 0.1) is 33.6 Å². The first-order chi connectivity index (χ1) is 12.6. The van der Waals surface area contributed by atoms with Crippen LogP contribution in [0.3, 0.4) is 0 Å². The molecule has 2 aromatic rings. The van der Waals surface area contributed by atoms with E-state index in [-0.39, 0.29) is 24.0 Å². The highest BCUT2D eigenvalue weighted by Gasteiger charge is 2.13. The number of hydrogen-bond donors (Lipinski definition) is 2. The molecular formula is C18H27IN4O4. The van der Waals surface area contributed by atoms with Crippen molar-refractivity contribution in [3.8, 4) is 17.2 Å². The lowest BCUT2D eigenvalue weighted by Gasteiger charge is -2.15. The number of guanidine groups is 1. The number of benzene rings is 1. The Hall–Kier alpha value is -2.17. The van der Waals surface area contributed by atoms with Crippen LogP contribution in [-0.2, 0) is 19.5 Å². The third kappa shape index (κ3) is 6.19. The van der Waals surface area contributed by atoms with Crippen LogP contribution in [0.4, 0.5) is 0 Å². The average molecular weight is 490 g/mol. The molecule has 8 nitrogen and oxygen atoms in total. The maximum Gasteiger partial charge on any atom is 0.203 e. The highest BCUT2D eigenvalue weighted by Crippen LogP contribution is 2.38. The van der Waals surface area contributed by atoms with Crippen molar-refractivity contribution in [3.63, 3.8) is 0 Å². The predicted octanol–water partition coefficient (Wildman–Crippen LogP) is 2.75. The molecule has 0 unspecified atom stereocenters. The summed E-state index contributed by atoms with van der Waals surface area (Å²) >= 11 is 0. The number of halogens is 1. The molecule has 0 saturated heterocycles. The van der Waals surface area contributed by atoms with Crippen LogP contribution in [0.5, 0.6) is 17.2 Å². The molecule has 27 heavy (non-hydrogen) atoms. The van der Waals surface area contributed by atoms with Crippen LogP contribution in [-0.4, -0.2) is 39.5 Å². The molecule has 0 aliphatic rings. The molecule has 0 amide bonds. The van der Waals surface area contributed by atoms with Gasteiger partial charge in [-0.15, -0.1) is 24.0 Å². The summed E-state index contributed by atoms with van der Waals surface area (Å²) in [6.45, 7) is 3.07. The molecule has 2 rings (SSSR count). The lowest BCUT2D eigenvalue weighted by atomic mass is 10.2. The fraction of sp³-hybridized carbons (Fsp3) is 0.444. The summed E-state index contributed by atoms with van der Waals surface area (Å²) in [5.41, 5.74) is 1.90. The number of ether oxygens (including phenoxy) is 3. The van der Waals surface area contributed by atoms with Gasteiger partial charge in [0.15, 0.2) is 23.2 Å². The van der Waals surface area contributed by atoms with Gasteiger partial charge in [0.1, 0.15) is 0 Å². The quantitative estimate of drug-likeness (QED) is 0.334. The SMILES string of the molecule is CCc1cc(CNC(=NC)NCc2cc(OC)c(OC)c(OC)c2)on1.I. The van der Waals surface area contributed by atoms with Crippen molar-refractivity contribution < 1.29 is 18.7 Å². The number of rotatable bonds is 8. The first-order valence-corrected chi connectivity index (χ1v) is 8.33. The van der Waals surface area contributed by atoms with E-state index in [0.29, 0.717) is 36.3 Å². The average Bonchev–Trinajstić information content (AvgIpc) is 3.15. The molecule has 0 bridgehead atoms. The molecular weight excluding hydrogens is 463 g/mol. The Morgan fingerprint density at radius 1 is 1.04 bits per heavy atom. The fourth-order valence-corrected chi connectivity index (χ4v) is 2.42. The Labute approximate surface area is 176 Å². The number of methoxy groups -OCH3 is 3. The highest BCUT2D eigenvalue weighted by molar-refractivity contribution is 14.0. The number of aryl methyl sites for hydroxylation is 1. The van der Waals surface area contributed by atoms with E-state index in [2.05, 4.69) is 20.8 Å². The molecule has 1 heterocycles. The largest absolute Gasteiger partial charge is 0.493 e. The second-order valence-corrected chi connectivity index (χ2v) is 5.45. The molecule has 0 fully saturated rings. The van der Waals surface area contributed by atoms with Crippen LogP contribution in [0.2, 0.25) is 0 Å². The molecule has 1 aromatic carbocycles. The Kier molecular flexibility index (Phi) is 9.76. The van der Waals surface area contributed by atoms with Gasteiger partial charge in [-0.05, 0) is 24.1 Å². The minimum absolute atomic E-state index is 0. The maximum absolute atomic E-state index is 5.37. The Bertz CT molecular complexity index is 724. The first-order valence-electron chi connectivity index (χ1n) is 8.33. The van der Waals surface area contributed by atoms with Gasteiger partial charge in [-0.1, -0.05) is 12.1 Å². The van der Waals surface area contributed by atoms with Crippen molar-refractivity contribution in [2.45, 2.75) is 26.4 Å². The Balaban J connectivity index is 0.00000364. The zero-order valence-electron chi connectivity index (χ0n) is 16.3. The van der Waals surface area contributed by atoms with Crippen LogP contribution in [0.25, 0.3) is 0 Å². The number of nitrogens with zero attached hydrogens (tertiary/aromatic N) is 2. The summed E-state index contributed by atoms with van der Waals surface area (Å²) < 4.78 is 21.3. The predicted molar refractivity (Wildman–Crippen MR) is 114 cm³/mol. The van der Waals surface area contributed by atoms with Gasteiger partial charge < -0.3 is 29.4 Å². The standard InChI is InChI=1S/C18H26N4O4.HI/c1-6-13-9-14(26-22-13)11-21-18(19-2)20-10-12-7-15(23-3)17(25-5)16(8-12)24-4;/h7-9H,6,10-11H2,1-5H3,(H2,19,20,21);1H. The van der Waals surface area contributed by atoms with Crippen LogP contribution in [0, 0.1) is 0 Å². The number of nitrogens with one attached hydrogen (secondary N) is 2. The summed E-state index contributed by atoms with van der Waals surface area (Å²) in [5.74, 6) is 3.20. The van der Waals surface area contributed by atoms with E-state index < -0.39 is 0 Å². The third-order valence-electron chi connectivity index (χ3n) is 3.81. The van der Waals surface area contributed by atoms with Gasteiger partial charge in [-0.2, -0.15) is 0 Å². The zero-order valence-corrected chi connectivity index (χ0v) is 18.6. The van der Waals surface area contributed by atoms with Crippen LogP contribution >= 0.6 is 24.0 Å². The molecule has 0 radical (unpaired) electrons. The van der Waals surface area contributed by atoms with E-state index in [1.54, 1.807) is 28.4 Å². The van der Waals surface area contributed by atoms with E-state index in [1.165, 1.54) is 0 Å². The van der Waals surface area contributed by atoms with Crippen molar-refractivity contribution in [1.82, 2.24) is 15.8 Å². The number of aliphatic imine (C=N–C) groups is 1. The van der Waals surface area contributed by atoms with Gasteiger partial charge in [0, 0.05) is 19.7 Å². The van der Waals surface area contributed by atoms with Gasteiger partial charge >= 0.3 is 0 Å². The minimum Gasteiger partial charge on any atom is -0.493 e. The lowest BCUT2D eigenvalue weighted by Crippen LogP contribution is -2.36. The van der Waals surface area contributed by atoms with E-state index in [9.17, 15) is 0 Å². The molecule has 9 heteroatoms. The summed E-state index contributed by atoms with van der Waals surface area (Å²) in [7, 11) is 6.48. The Morgan fingerprint density at radius 3 is 2.15 bits per heavy atom. The first kappa shape index (κ1) is 22.9. The van der Waals surface area contributed by atoms with Gasteiger partial charge in [0.25, 0.3) is 0 Å². The van der Waals surface area contributed by atoms with Gasteiger partial charge in [0.2, 0.25) is 5.75 Å². The van der Waals surface area contributed by atoms with Crippen molar-refractivity contribution in [1.29, 1.82) is 0 Å². The lowest BCUT2D eigenvalue weighted by molar-refractivity contribution is 0.323. The van der Waals surface area contributed by atoms with Crippen molar-refractivity contribution in [2.24, 2.45) is 4.99 Å². The number of aromatic nitrogens is 1. The molecule has 0 saturated carbocycles. The second-order valence-electron chi connectivity index (χ2n) is 5.45. The van der Waals surface area contributed by atoms with Crippen LogP contribution < -0.4 is 24.8 Å². The molecule has 0 aliphatic carbocycles. The summed E-state index contributed by atoms with van der Waals surface area (Å²) in [4.78, 5) is 4.21. The van der Waals surface area contributed by atoms with Gasteiger partial charge in [-0.3, -0.25) is 4.99 Å². The zero-order chi connectivity index (χ0) is 18.9. The third-order valence-corrected chi connectivity index (χ3v) is 3.81. The number of hydrogen-bond acceptors (Lipinski definition) is 6. The smallest absolute Gasteiger partial charge is 0.203 e.